The molecule has 3 aromatic rings. The fourth-order valence-electron chi connectivity index (χ4n) is 3.37. The zero-order valence-electron chi connectivity index (χ0n) is 18.3. The fraction of sp³-hybridized carbons (Fsp3) is 0.0417. The third kappa shape index (κ3) is 5.15. The van der Waals surface area contributed by atoms with Gasteiger partial charge in [0.1, 0.15) is 17.1 Å². The van der Waals surface area contributed by atoms with E-state index in [4.69, 9.17) is 4.74 Å². The molecule has 1 aliphatic heterocycles. The van der Waals surface area contributed by atoms with Crippen LogP contribution in [0.3, 0.4) is 0 Å². The lowest BCUT2D eigenvalue weighted by molar-refractivity contribution is -0.385. The maximum atomic E-state index is 13.3. The summed E-state index contributed by atoms with van der Waals surface area (Å²) in [7, 11) is 0. The van der Waals surface area contributed by atoms with E-state index in [0.29, 0.717) is 17.0 Å². The predicted octanol–water partition coefficient (Wildman–Crippen LogP) is 5.21. The van der Waals surface area contributed by atoms with Crippen molar-refractivity contribution in [2.45, 2.75) is 6.18 Å². The average Bonchev–Trinajstić information content (AvgIpc) is 2.83. The normalized spacial score (nSPS) is 15.1. The third-order valence-electron chi connectivity index (χ3n) is 5.11. The first kappa shape index (κ1) is 25.0. The summed E-state index contributed by atoms with van der Waals surface area (Å²) in [6, 6.07) is 10.6. The van der Waals surface area contributed by atoms with E-state index in [-0.39, 0.29) is 17.0 Å². The van der Waals surface area contributed by atoms with Crippen molar-refractivity contribution in [3.05, 3.63) is 99.4 Å². The van der Waals surface area contributed by atoms with Gasteiger partial charge in [0.2, 0.25) is 5.75 Å². The Balaban J connectivity index is 1.72. The van der Waals surface area contributed by atoms with Crippen molar-refractivity contribution in [2.75, 3.05) is 4.90 Å². The molecule has 1 saturated heterocycles. The van der Waals surface area contributed by atoms with Gasteiger partial charge in [0, 0.05) is 11.6 Å². The number of carbonyl (C=O) groups is 3. The number of nitro groups is 1. The number of nitrogens with one attached hydrogen (secondary N) is 1. The number of hydrogen-bond donors (Lipinski definition) is 1. The van der Waals surface area contributed by atoms with Crippen LogP contribution in [0.2, 0.25) is 0 Å². The molecule has 0 bridgehead atoms. The van der Waals surface area contributed by atoms with Gasteiger partial charge in [-0.25, -0.2) is 14.1 Å². The van der Waals surface area contributed by atoms with Crippen LogP contribution in [0.1, 0.15) is 11.1 Å². The van der Waals surface area contributed by atoms with Crippen LogP contribution < -0.4 is 15.0 Å². The fourth-order valence-corrected chi connectivity index (χ4v) is 3.37. The monoisotopic (exact) mass is 515 g/mol. The van der Waals surface area contributed by atoms with E-state index in [2.05, 4.69) is 0 Å². The summed E-state index contributed by atoms with van der Waals surface area (Å²) in [6.07, 6.45) is -3.78. The molecule has 0 radical (unpaired) electrons. The quantitative estimate of drug-likeness (QED) is 0.164. The highest BCUT2D eigenvalue weighted by Crippen LogP contribution is 2.39. The Labute approximate surface area is 204 Å². The van der Waals surface area contributed by atoms with E-state index in [1.165, 1.54) is 24.3 Å². The molecule has 0 unspecified atom stereocenters. The second kappa shape index (κ2) is 9.53. The Hall–Kier alpha value is -5.07. The molecular weight excluding hydrogens is 502 g/mol. The first-order chi connectivity index (χ1) is 17.5. The summed E-state index contributed by atoms with van der Waals surface area (Å²) in [5.41, 5.74) is -2.72. The van der Waals surface area contributed by atoms with Crippen molar-refractivity contribution < 1.29 is 41.6 Å². The molecule has 13 heteroatoms. The third-order valence-corrected chi connectivity index (χ3v) is 5.11. The van der Waals surface area contributed by atoms with Gasteiger partial charge in [0.05, 0.1) is 16.2 Å². The molecule has 4 rings (SSSR count). The summed E-state index contributed by atoms with van der Waals surface area (Å²) in [4.78, 5) is 48.7. The van der Waals surface area contributed by atoms with Gasteiger partial charge >= 0.3 is 17.9 Å². The zero-order chi connectivity index (χ0) is 26.9. The lowest BCUT2D eigenvalue weighted by Crippen LogP contribution is -2.54. The van der Waals surface area contributed by atoms with E-state index in [1.54, 1.807) is 0 Å². The first-order valence-corrected chi connectivity index (χ1v) is 10.3. The van der Waals surface area contributed by atoms with Crippen LogP contribution in [0, 0.1) is 15.9 Å². The second-order valence-corrected chi connectivity index (χ2v) is 7.51. The van der Waals surface area contributed by atoms with Crippen LogP contribution in [-0.2, 0) is 15.8 Å². The molecule has 1 heterocycles. The van der Waals surface area contributed by atoms with Crippen molar-refractivity contribution in [1.29, 1.82) is 0 Å². The Morgan fingerprint density at radius 3 is 2.27 bits per heavy atom. The summed E-state index contributed by atoms with van der Waals surface area (Å²) >= 11 is 0. The molecule has 0 spiro atoms. The van der Waals surface area contributed by atoms with Crippen molar-refractivity contribution in [3.8, 4) is 11.5 Å². The van der Waals surface area contributed by atoms with Gasteiger partial charge in [0.15, 0.2) is 0 Å². The molecule has 1 fully saturated rings. The summed E-state index contributed by atoms with van der Waals surface area (Å²) in [5.74, 6) is -3.38. The molecule has 37 heavy (non-hydrogen) atoms. The van der Waals surface area contributed by atoms with Gasteiger partial charge in [-0.05, 0) is 48.5 Å². The van der Waals surface area contributed by atoms with E-state index in [1.807, 2.05) is 5.32 Å². The number of imide groups is 2. The minimum atomic E-state index is -4.83. The SMILES string of the molecule is O=C1NC(=O)N(c2ccc(F)cc2)C(=O)/C1=C/c1ccccc1Oc1ccc(C(F)(F)F)cc1[N+](=O)[O-]. The molecule has 1 aliphatic rings. The van der Waals surface area contributed by atoms with Crippen molar-refractivity contribution in [3.63, 3.8) is 0 Å². The number of halogens is 4. The smallest absolute Gasteiger partial charge is 0.416 e. The number of carbonyl (C=O) groups excluding carboxylic acids is 3. The molecule has 9 nitrogen and oxygen atoms in total. The van der Waals surface area contributed by atoms with Crippen LogP contribution in [-0.4, -0.2) is 22.8 Å². The number of anilines is 1. The van der Waals surface area contributed by atoms with Crippen LogP contribution >= 0.6 is 0 Å². The number of hydrogen-bond acceptors (Lipinski definition) is 6. The van der Waals surface area contributed by atoms with Crippen molar-refractivity contribution >= 4 is 35.3 Å². The molecular formula is C24H13F4N3O6. The summed E-state index contributed by atoms with van der Waals surface area (Å²) < 4.78 is 57.8. The summed E-state index contributed by atoms with van der Waals surface area (Å²) in [5, 5.41) is 13.4. The molecule has 0 aliphatic carbocycles. The lowest BCUT2D eigenvalue weighted by atomic mass is 10.1. The van der Waals surface area contributed by atoms with E-state index in [9.17, 15) is 42.1 Å². The number of nitrogens with zero attached hydrogens (tertiary/aromatic N) is 2. The Morgan fingerprint density at radius 1 is 0.946 bits per heavy atom. The first-order valence-electron chi connectivity index (χ1n) is 10.3. The van der Waals surface area contributed by atoms with E-state index in [0.717, 1.165) is 36.4 Å². The summed E-state index contributed by atoms with van der Waals surface area (Å²) in [6.45, 7) is 0. The van der Waals surface area contributed by atoms with Crippen LogP contribution in [0.25, 0.3) is 6.08 Å². The van der Waals surface area contributed by atoms with Crippen molar-refractivity contribution in [1.82, 2.24) is 5.32 Å². The highest BCUT2D eigenvalue weighted by molar-refractivity contribution is 6.39. The number of alkyl halides is 3. The minimum Gasteiger partial charge on any atom is -0.449 e. The van der Waals surface area contributed by atoms with Gasteiger partial charge in [-0.2, -0.15) is 13.2 Å². The maximum absolute atomic E-state index is 13.3. The Kier molecular flexibility index (Phi) is 6.45. The topological polar surface area (TPSA) is 119 Å². The van der Waals surface area contributed by atoms with Crippen LogP contribution in [0.5, 0.6) is 11.5 Å². The maximum Gasteiger partial charge on any atom is 0.416 e. The molecule has 0 atom stereocenters. The molecule has 0 aromatic heterocycles. The molecule has 0 saturated carbocycles. The van der Waals surface area contributed by atoms with Crippen LogP contribution in [0.4, 0.5) is 33.7 Å². The number of nitro benzene ring substituents is 1. The highest BCUT2D eigenvalue weighted by atomic mass is 19.4. The van der Waals surface area contributed by atoms with E-state index >= 15 is 0 Å². The number of barbiturate groups is 1. The number of para-hydroxylation sites is 1. The average molecular weight is 515 g/mol. The Bertz CT molecular complexity index is 1470. The van der Waals surface area contributed by atoms with Crippen LogP contribution in [0.15, 0.2) is 72.3 Å². The van der Waals surface area contributed by atoms with E-state index < -0.39 is 57.3 Å². The molecule has 1 N–H and O–H groups in total. The minimum absolute atomic E-state index is 0.0211. The number of amides is 4. The van der Waals surface area contributed by atoms with Gasteiger partial charge in [-0.15, -0.1) is 0 Å². The molecule has 188 valence electrons. The standard InChI is InChI=1S/C24H13F4N3O6/c25-15-6-8-16(9-7-15)30-22(33)17(21(32)29-23(30)34)11-13-3-1-2-4-19(13)37-20-10-5-14(24(26,27)28)12-18(20)31(35)36/h1-12H,(H,29,32,34)/b17-11+. The van der Waals surface area contributed by atoms with Gasteiger partial charge in [0.25, 0.3) is 11.8 Å². The highest BCUT2D eigenvalue weighted by Gasteiger charge is 2.37. The van der Waals surface area contributed by atoms with Crippen molar-refractivity contribution in [2.24, 2.45) is 0 Å². The number of ether oxygens (including phenoxy) is 1. The lowest BCUT2D eigenvalue weighted by Gasteiger charge is -2.26. The number of rotatable bonds is 5. The van der Waals surface area contributed by atoms with Gasteiger partial charge < -0.3 is 4.74 Å². The Morgan fingerprint density at radius 2 is 1.62 bits per heavy atom. The van der Waals surface area contributed by atoms with Gasteiger partial charge in [-0.1, -0.05) is 18.2 Å². The largest absolute Gasteiger partial charge is 0.449 e. The number of urea groups is 1. The second-order valence-electron chi connectivity index (χ2n) is 7.51. The zero-order valence-corrected chi connectivity index (χ0v) is 18.3. The molecule has 3 aromatic carbocycles. The molecule has 4 amide bonds. The van der Waals surface area contributed by atoms with Gasteiger partial charge in [-0.3, -0.25) is 25.0 Å². The predicted molar refractivity (Wildman–Crippen MR) is 120 cm³/mol. The number of benzene rings is 3.